The number of esters is 1. The maximum absolute atomic E-state index is 12.6. The van der Waals surface area contributed by atoms with Gasteiger partial charge in [-0.3, -0.25) is 4.79 Å². The standard InChI is InChI=1S/C18H20F4N2O5/c19-8-11(9-23)10-28-13-1-2-14(15(7-13)29-17(26)18(20,21)22)16(25)24-12-3-5-27-6-4-12/h1-2,7-8,12H,3-6,9-10,23H2,(H,24,25)/b11-8+. The second-order valence-electron chi connectivity index (χ2n) is 6.17. The number of benzene rings is 1. The Bertz CT molecular complexity index is 761. The minimum Gasteiger partial charge on any atom is -0.489 e. The molecular weight excluding hydrogens is 400 g/mol. The average Bonchev–Trinajstić information content (AvgIpc) is 2.69. The van der Waals surface area contributed by atoms with E-state index in [0.29, 0.717) is 26.1 Å². The number of amides is 1. The summed E-state index contributed by atoms with van der Waals surface area (Å²) in [6, 6.07) is 3.18. The van der Waals surface area contributed by atoms with Crippen molar-refractivity contribution < 1.29 is 41.4 Å². The van der Waals surface area contributed by atoms with Gasteiger partial charge in [-0.05, 0) is 25.0 Å². The highest BCUT2D eigenvalue weighted by Gasteiger charge is 2.42. The predicted octanol–water partition coefficient (Wildman–Crippen LogP) is 2.25. The minimum absolute atomic E-state index is 0.0367. The second kappa shape index (κ2) is 10.2. The molecule has 0 saturated carbocycles. The van der Waals surface area contributed by atoms with Crippen molar-refractivity contribution in [3.05, 3.63) is 35.7 Å². The van der Waals surface area contributed by atoms with Gasteiger partial charge in [0.1, 0.15) is 18.1 Å². The van der Waals surface area contributed by atoms with E-state index in [1.165, 1.54) is 6.07 Å². The van der Waals surface area contributed by atoms with Gasteiger partial charge in [0.25, 0.3) is 5.91 Å². The Labute approximate surface area is 163 Å². The van der Waals surface area contributed by atoms with E-state index >= 15 is 0 Å². The van der Waals surface area contributed by atoms with Gasteiger partial charge in [-0.1, -0.05) is 0 Å². The maximum Gasteiger partial charge on any atom is 0.491 e. The molecule has 0 aliphatic carbocycles. The lowest BCUT2D eigenvalue weighted by atomic mass is 10.1. The van der Waals surface area contributed by atoms with Crippen LogP contribution in [0.1, 0.15) is 23.2 Å². The Kier molecular flexibility index (Phi) is 7.97. The van der Waals surface area contributed by atoms with Crippen molar-refractivity contribution in [2.75, 3.05) is 26.4 Å². The number of hydrogen-bond acceptors (Lipinski definition) is 6. The fourth-order valence-electron chi connectivity index (χ4n) is 2.44. The number of carbonyl (C=O) groups excluding carboxylic acids is 2. The van der Waals surface area contributed by atoms with Crippen LogP contribution in [0.2, 0.25) is 0 Å². The average molecular weight is 420 g/mol. The smallest absolute Gasteiger partial charge is 0.489 e. The van der Waals surface area contributed by atoms with E-state index in [1.807, 2.05) is 0 Å². The number of rotatable bonds is 7. The zero-order chi connectivity index (χ0) is 21.4. The summed E-state index contributed by atoms with van der Waals surface area (Å²) in [6.45, 7) is 0.490. The Morgan fingerprint density at radius 2 is 1.97 bits per heavy atom. The first-order valence-corrected chi connectivity index (χ1v) is 8.67. The van der Waals surface area contributed by atoms with Crippen molar-refractivity contribution in [3.8, 4) is 11.5 Å². The number of hydrogen-bond donors (Lipinski definition) is 2. The molecule has 29 heavy (non-hydrogen) atoms. The summed E-state index contributed by atoms with van der Waals surface area (Å²) in [5.74, 6) is -3.86. The molecular formula is C18H20F4N2O5. The monoisotopic (exact) mass is 420 g/mol. The quantitative estimate of drug-likeness (QED) is 0.399. The molecule has 1 aliphatic heterocycles. The van der Waals surface area contributed by atoms with E-state index < -0.39 is 23.8 Å². The van der Waals surface area contributed by atoms with Gasteiger partial charge in [0.15, 0.2) is 0 Å². The zero-order valence-corrected chi connectivity index (χ0v) is 15.3. The van der Waals surface area contributed by atoms with Crippen LogP contribution in [0.3, 0.4) is 0 Å². The Morgan fingerprint density at radius 1 is 1.28 bits per heavy atom. The molecule has 0 bridgehead atoms. The largest absolute Gasteiger partial charge is 0.491 e. The third-order valence-corrected chi connectivity index (χ3v) is 4.03. The van der Waals surface area contributed by atoms with Crippen LogP contribution in [-0.2, 0) is 9.53 Å². The normalized spacial score (nSPS) is 15.7. The van der Waals surface area contributed by atoms with Crippen LogP contribution in [0.15, 0.2) is 30.1 Å². The molecule has 7 nitrogen and oxygen atoms in total. The van der Waals surface area contributed by atoms with Crippen molar-refractivity contribution in [2.24, 2.45) is 5.73 Å². The van der Waals surface area contributed by atoms with E-state index in [0.717, 1.165) is 12.1 Å². The summed E-state index contributed by atoms with van der Waals surface area (Å²) in [6.07, 6.45) is -3.92. The van der Waals surface area contributed by atoms with Crippen LogP contribution in [0, 0.1) is 0 Å². The molecule has 1 aliphatic rings. The summed E-state index contributed by atoms with van der Waals surface area (Å²) >= 11 is 0. The van der Waals surface area contributed by atoms with Crippen molar-refractivity contribution in [2.45, 2.75) is 25.1 Å². The first kappa shape index (κ1) is 22.6. The minimum atomic E-state index is -5.25. The molecule has 2 rings (SSSR count). The summed E-state index contributed by atoms with van der Waals surface area (Å²) in [7, 11) is 0. The molecule has 0 atom stereocenters. The fourth-order valence-corrected chi connectivity index (χ4v) is 2.44. The Balaban J connectivity index is 2.23. The van der Waals surface area contributed by atoms with Crippen molar-refractivity contribution in [3.63, 3.8) is 0 Å². The molecule has 0 aromatic heterocycles. The molecule has 1 amide bonds. The third kappa shape index (κ3) is 6.71. The van der Waals surface area contributed by atoms with E-state index in [2.05, 4.69) is 10.1 Å². The SMILES string of the molecule is NC/C(=C\F)COc1ccc(C(=O)NC2CCOCC2)c(OC(=O)C(F)(F)F)c1. The van der Waals surface area contributed by atoms with Gasteiger partial charge < -0.3 is 25.3 Å². The van der Waals surface area contributed by atoms with Gasteiger partial charge in [0.05, 0.1) is 11.9 Å². The molecule has 1 heterocycles. The number of carbonyl (C=O) groups is 2. The topological polar surface area (TPSA) is 99.9 Å². The van der Waals surface area contributed by atoms with Crippen LogP contribution in [0.4, 0.5) is 17.6 Å². The summed E-state index contributed by atoms with van der Waals surface area (Å²) in [5, 5.41) is 2.67. The molecule has 1 aromatic rings. The van der Waals surface area contributed by atoms with E-state index in [9.17, 15) is 27.2 Å². The number of nitrogens with two attached hydrogens (primary N) is 1. The second-order valence-corrected chi connectivity index (χ2v) is 6.17. The van der Waals surface area contributed by atoms with Gasteiger partial charge in [-0.25, -0.2) is 9.18 Å². The molecule has 1 aromatic carbocycles. The van der Waals surface area contributed by atoms with Gasteiger partial charge in [-0.15, -0.1) is 0 Å². The van der Waals surface area contributed by atoms with Gasteiger partial charge in [0, 0.05) is 37.4 Å². The lowest BCUT2D eigenvalue weighted by Gasteiger charge is -2.23. The van der Waals surface area contributed by atoms with Crippen molar-refractivity contribution in [1.29, 1.82) is 0 Å². The van der Waals surface area contributed by atoms with Crippen LogP contribution >= 0.6 is 0 Å². The number of halogens is 4. The molecule has 0 spiro atoms. The van der Waals surface area contributed by atoms with Gasteiger partial charge >= 0.3 is 12.1 Å². The predicted molar refractivity (Wildman–Crippen MR) is 93.2 cm³/mol. The first-order chi connectivity index (χ1) is 13.7. The molecule has 160 valence electrons. The summed E-state index contributed by atoms with van der Waals surface area (Å²) in [5.41, 5.74) is 5.12. The Morgan fingerprint density at radius 3 is 2.55 bits per heavy atom. The third-order valence-electron chi connectivity index (χ3n) is 4.03. The van der Waals surface area contributed by atoms with E-state index in [4.69, 9.17) is 15.2 Å². The molecule has 0 radical (unpaired) electrons. The lowest BCUT2D eigenvalue weighted by molar-refractivity contribution is -0.189. The van der Waals surface area contributed by atoms with Gasteiger partial charge in [-0.2, -0.15) is 13.2 Å². The van der Waals surface area contributed by atoms with Gasteiger partial charge in [0.2, 0.25) is 0 Å². The van der Waals surface area contributed by atoms with Crippen LogP contribution in [0.5, 0.6) is 11.5 Å². The highest BCUT2D eigenvalue weighted by Crippen LogP contribution is 2.28. The van der Waals surface area contributed by atoms with Crippen LogP contribution < -0.4 is 20.5 Å². The highest BCUT2D eigenvalue weighted by molar-refractivity contribution is 5.98. The lowest BCUT2D eigenvalue weighted by Crippen LogP contribution is -2.39. The van der Waals surface area contributed by atoms with E-state index in [-0.39, 0.29) is 42.4 Å². The fraction of sp³-hybridized carbons (Fsp3) is 0.444. The number of alkyl halides is 3. The molecule has 3 N–H and O–H groups in total. The number of nitrogens with one attached hydrogen (secondary N) is 1. The highest BCUT2D eigenvalue weighted by atomic mass is 19.4. The van der Waals surface area contributed by atoms with Crippen molar-refractivity contribution >= 4 is 11.9 Å². The molecule has 11 heteroatoms. The first-order valence-electron chi connectivity index (χ1n) is 8.67. The van der Waals surface area contributed by atoms with Crippen LogP contribution in [0.25, 0.3) is 0 Å². The molecule has 0 unspecified atom stereocenters. The zero-order valence-electron chi connectivity index (χ0n) is 15.3. The number of ether oxygens (including phenoxy) is 3. The van der Waals surface area contributed by atoms with Crippen LogP contribution in [-0.4, -0.2) is 50.5 Å². The molecule has 1 fully saturated rings. The summed E-state index contributed by atoms with van der Waals surface area (Å²) in [4.78, 5) is 23.8. The molecule has 1 saturated heterocycles. The Hall–Kier alpha value is -2.66. The van der Waals surface area contributed by atoms with E-state index in [1.54, 1.807) is 0 Å². The summed E-state index contributed by atoms with van der Waals surface area (Å²) < 4.78 is 65.2. The van der Waals surface area contributed by atoms with Crippen molar-refractivity contribution in [1.82, 2.24) is 5.32 Å². The maximum atomic E-state index is 12.6.